The van der Waals surface area contributed by atoms with Gasteiger partial charge < -0.3 is 14.8 Å². The predicted octanol–water partition coefficient (Wildman–Crippen LogP) is 2.59. The molecule has 11 heteroatoms. The van der Waals surface area contributed by atoms with Crippen molar-refractivity contribution in [3.8, 4) is 0 Å². The van der Waals surface area contributed by atoms with Crippen molar-refractivity contribution in [2.45, 2.75) is 36.9 Å². The standard InChI is InChI=1S/C24H26Cl2N2O7/c1-2-3-8-34-24(33)12-4-6-13(7-5-12)27-16(29)11-35-17(30)10-28-22(31)18-14-9-15(19(18)23(28)32)21(26)20(14)25/h4-7,14-15,18-21H,2-3,8-11H2,1H3,(H,27,29)/t14-,15-,18-,19+,20+,21+/m1/s1. The van der Waals surface area contributed by atoms with Crippen molar-refractivity contribution in [1.82, 2.24) is 4.90 Å². The van der Waals surface area contributed by atoms with Gasteiger partial charge in [0, 0.05) is 5.69 Å². The molecule has 0 aromatic heterocycles. The molecule has 2 aliphatic carbocycles. The second kappa shape index (κ2) is 10.5. The van der Waals surface area contributed by atoms with E-state index in [1.165, 1.54) is 24.3 Å². The van der Waals surface area contributed by atoms with Gasteiger partial charge in [-0.05, 0) is 48.9 Å². The predicted molar refractivity (Wildman–Crippen MR) is 126 cm³/mol. The molecule has 1 aromatic carbocycles. The van der Waals surface area contributed by atoms with Crippen molar-refractivity contribution in [3.63, 3.8) is 0 Å². The smallest absolute Gasteiger partial charge is 0.338 e. The van der Waals surface area contributed by atoms with Gasteiger partial charge in [-0.3, -0.25) is 24.1 Å². The van der Waals surface area contributed by atoms with Crippen LogP contribution in [0.2, 0.25) is 0 Å². The maximum absolute atomic E-state index is 12.8. The Hall–Kier alpha value is -2.65. The van der Waals surface area contributed by atoms with E-state index >= 15 is 0 Å². The number of amides is 3. The third-order valence-electron chi connectivity index (χ3n) is 6.87. The molecule has 1 aromatic rings. The van der Waals surface area contributed by atoms with Crippen LogP contribution in [0.5, 0.6) is 0 Å². The number of rotatable bonds is 9. The Morgan fingerprint density at radius 1 is 1.00 bits per heavy atom. The minimum absolute atomic E-state index is 0.179. The lowest BCUT2D eigenvalue weighted by atomic mass is 9.80. The molecular weight excluding hydrogens is 499 g/mol. The maximum Gasteiger partial charge on any atom is 0.338 e. The summed E-state index contributed by atoms with van der Waals surface area (Å²) in [5, 5.41) is 1.79. The van der Waals surface area contributed by atoms with E-state index in [9.17, 15) is 24.0 Å². The number of anilines is 1. The summed E-state index contributed by atoms with van der Waals surface area (Å²) in [7, 11) is 0. The number of benzene rings is 1. The first-order chi connectivity index (χ1) is 16.7. The van der Waals surface area contributed by atoms with E-state index in [0.29, 0.717) is 24.3 Å². The van der Waals surface area contributed by atoms with E-state index in [1.807, 2.05) is 6.92 Å². The molecular formula is C24H26Cl2N2O7. The van der Waals surface area contributed by atoms with Crippen LogP contribution in [0.25, 0.3) is 0 Å². The van der Waals surface area contributed by atoms with Gasteiger partial charge in [0.15, 0.2) is 6.61 Å². The SMILES string of the molecule is CCCCOC(=O)c1ccc(NC(=O)COC(=O)CN2C(=O)[C@@H]3[C@H]4C[C@@H]([C@H](Cl)[C@H]4Cl)[C@@H]3C2=O)cc1. The maximum atomic E-state index is 12.8. The van der Waals surface area contributed by atoms with E-state index in [-0.39, 0.29) is 22.6 Å². The van der Waals surface area contributed by atoms with Gasteiger partial charge in [0.2, 0.25) is 11.8 Å². The highest BCUT2D eigenvalue weighted by molar-refractivity contribution is 6.31. The van der Waals surface area contributed by atoms with Crippen molar-refractivity contribution in [3.05, 3.63) is 29.8 Å². The summed E-state index contributed by atoms with van der Waals surface area (Å²) in [4.78, 5) is 62.8. The van der Waals surface area contributed by atoms with Crippen molar-refractivity contribution in [2.75, 3.05) is 25.1 Å². The van der Waals surface area contributed by atoms with Gasteiger partial charge >= 0.3 is 11.9 Å². The van der Waals surface area contributed by atoms with Gasteiger partial charge in [0.25, 0.3) is 5.91 Å². The number of unbranched alkanes of at least 4 members (excludes halogenated alkanes) is 1. The summed E-state index contributed by atoms with van der Waals surface area (Å²) >= 11 is 12.6. The summed E-state index contributed by atoms with van der Waals surface area (Å²) < 4.78 is 10.1. The number of imide groups is 1. The Balaban J connectivity index is 1.24. The zero-order chi connectivity index (χ0) is 25.3. The highest BCUT2D eigenvalue weighted by Gasteiger charge is 2.66. The number of fused-ring (bicyclic) bond motifs is 5. The molecule has 35 heavy (non-hydrogen) atoms. The van der Waals surface area contributed by atoms with E-state index in [0.717, 1.165) is 17.7 Å². The van der Waals surface area contributed by atoms with Gasteiger partial charge in [0.05, 0.1) is 34.8 Å². The largest absolute Gasteiger partial charge is 0.462 e. The molecule has 0 spiro atoms. The summed E-state index contributed by atoms with van der Waals surface area (Å²) in [6, 6.07) is 6.08. The quantitative estimate of drug-likeness (QED) is 0.228. The van der Waals surface area contributed by atoms with Gasteiger partial charge in [-0.1, -0.05) is 13.3 Å². The third-order valence-corrected chi connectivity index (χ3v) is 8.18. The van der Waals surface area contributed by atoms with Crippen LogP contribution in [0.3, 0.4) is 0 Å². The first-order valence-electron chi connectivity index (χ1n) is 11.6. The van der Waals surface area contributed by atoms with Crippen molar-refractivity contribution < 1.29 is 33.4 Å². The number of carbonyl (C=O) groups excluding carboxylic acids is 5. The first-order valence-corrected chi connectivity index (χ1v) is 12.5. The van der Waals surface area contributed by atoms with Crippen LogP contribution in [-0.4, -0.2) is 65.1 Å². The lowest BCUT2D eigenvalue weighted by molar-refractivity contribution is -0.154. The van der Waals surface area contributed by atoms with Crippen LogP contribution >= 0.6 is 23.2 Å². The van der Waals surface area contributed by atoms with Gasteiger partial charge in [-0.15, -0.1) is 23.2 Å². The fraction of sp³-hybridized carbons (Fsp3) is 0.542. The molecule has 9 nitrogen and oxygen atoms in total. The molecule has 1 aliphatic heterocycles. The fourth-order valence-electron chi connectivity index (χ4n) is 5.17. The number of hydrogen-bond donors (Lipinski definition) is 1. The molecule has 1 N–H and O–H groups in total. The highest BCUT2D eigenvalue weighted by atomic mass is 35.5. The second-order valence-electron chi connectivity index (χ2n) is 9.04. The molecule has 4 rings (SSSR count). The Bertz CT molecular complexity index is 999. The van der Waals surface area contributed by atoms with E-state index in [4.69, 9.17) is 32.7 Å². The Labute approximate surface area is 212 Å². The van der Waals surface area contributed by atoms with Crippen molar-refractivity contribution in [2.24, 2.45) is 23.7 Å². The first kappa shape index (κ1) is 25.4. The minimum Gasteiger partial charge on any atom is -0.462 e. The number of halogens is 2. The zero-order valence-electron chi connectivity index (χ0n) is 19.1. The third kappa shape index (κ3) is 5.02. The van der Waals surface area contributed by atoms with Crippen LogP contribution in [0.1, 0.15) is 36.5 Å². The summed E-state index contributed by atoms with van der Waals surface area (Å²) in [5.74, 6) is -4.25. The number of ether oxygens (including phenoxy) is 2. The number of carbonyl (C=O) groups is 5. The molecule has 1 heterocycles. The lowest BCUT2D eigenvalue weighted by Gasteiger charge is -2.28. The molecule has 0 unspecified atom stereocenters. The molecule has 2 bridgehead atoms. The Morgan fingerprint density at radius 2 is 1.60 bits per heavy atom. The van der Waals surface area contributed by atoms with Gasteiger partial charge in [-0.2, -0.15) is 0 Å². The topological polar surface area (TPSA) is 119 Å². The number of likely N-dealkylation sites (tertiary alicyclic amines) is 1. The lowest BCUT2D eigenvalue weighted by Crippen LogP contribution is -2.38. The summed E-state index contributed by atoms with van der Waals surface area (Å²) in [6.45, 7) is 1.18. The molecule has 3 amide bonds. The number of alkyl halides is 2. The number of nitrogens with one attached hydrogen (secondary N) is 1. The molecule has 6 atom stereocenters. The van der Waals surface area contributed by atoms with Crippen LogP contribution in [-0.2, 0) is 28.7 Å². The second-order valence-corrected chi connectivity index (χ2v) is 10.1. The summed E-state index contributed by atoms with van der Waals surface area (Å²) in [5.41, 5.74) is 0.750. The van der Waals surface area contributed by atoms with E-state index < -0.39 is 54.6 Å². The number of esters is 2. The normalized spacial score (nSPS) is 28.7. The number of nitrogens with zero attached hydrogens (tertiary/aromatic N) is 1. The van der Waals surface area contributed by atoms with Crippen molar-refractivity contribution >= 4 is 58.5 Å². The Kier molecular flexibility index (Phi) is 7.66. The zero-order valence-corrected chi connectivity index (χ0v) is 20.6. The van der Waals surface area contributed by atoms with Crippen LogP contribution < -0.4 is 5.32 Å². The molecule has 3 fully saturated rings. The average Bonchev–Trinajstić information content (AvgIpc) is 3.44. The van der Waals surface area contributed by atoms with E-state index in [1.54, 1.807) is 0 Å². The summed E-state index contributed by atoms with van der Waals surface area (Å²) in [6.07, 6.45) is 2.33. The van der Waals surface area contributed by atoms with Crippen LogP contribution in [0.4, 0.5) is 5.69 Å². The Morgan fingerprint density at radius 3 is 2.17 bits per heavy atom. The monoisotopic (exact) mass is 524 g/mol. The van der Waals surface area contributed by atoms with Gasteiger partial charge in [0.1, 0.15) is 6.54 Å². The molecule has 188 valence electrons. The van der Waals surface area contributed by atoms with Crippen LogP contribution in [0, 0.1) is 23.7 Å². The molecule has 1 saturated heterocycles. The molecule has 3 aliphatic rings. The van der Waals surface area contributed by atoms with Crippen LogP contribution in [0.15, 0.2) is 24.3 Å². The fourth-order valence-corrected chi connectivity index (χ4v) is 6.06. The average molecular weight is 525 g/mol. The highest BCUT2D eigenvalue weighted by Crippen LogP contribution is 2.59. The van der Waals surface area contributed by atoms with E-state index in [2.05, 4.69) is 5.32 Å². The molecule has 0 radical (unpaired) electrons. The minimum atomic E-state index is -0.871. The number of hydrogen-bond acceptors (Lipinski definition) is 7. The molecule has 2 saturated carbocycles. The van der Waals surface area contributed by atoms with Gasteiger partial charge in [-0.25, -0.2) is 4.79 Å². The van der Waals surface area contributed by atoms with Crippen molar-refractivity contribution in [1.29, 1.82) is 0 Å².